The van der Waals surface area contributed by atoms with Crippen molar-refractivity contribution in [3.05, 3.63) is 51.2 Å². The van der Waals surface area contributed by atoms with Gasteiger partial charge in [0, 0.05) is 27.5 Å². The van der Waals surface area contributed by atoms with Crippen molar-refractivity contribution in [3.8, 4) is 0 Å². The van der Waals surface area contributed by atoms with Gasteiger partial charge in [0.1, 0.15) is 0 Å². The van der Waals surface area contributed by atoms with Gasteiger partial charge in [-0.05, 0) is 23.1 Å². The molecule has 0 aliphatic carbocycles. The summed E-state index contributed by atoms with van der Waals surface area (Å²) in [5, 5.41) is 2.04. The van der Waals surface area contributed by atoms with Crippen LogP contribution in [0.1, 0.15) is 16.0 Å². The third kappa shape index (κ3) is 1.57. The van der Waals surface area contributed by atoms with Gasteiger partial charge in [0.2, 0.25) is 0 Å². The molecule has 82 valence electrons. The van der Waals surface area contributed by atoms with Gasteiger partial charge in [0.25, 0.3) is 0 Å². The molecule has 1 aliphatic heterocycles. The third-order valence-corrected chi connectivity index (χ3v) is 4.90. The molecule has 0 amide bonds. The summed E-state index contributed by atoms with van der Waals surface area (Å²) < 4.78 is 26.7. The van der Waals surface area contributed by atoms with Gasteiger partial charge < -0.3 is 0 Å². The van der Waals surface area contributed by atoms with E-state index in [0.29, 0.717) is 17.7 Å². The predicted octanol–water partition coefficient (Wildman–Crippen LogP) is 4.22. The minimum atomic E-state index is -0.746. The first-order valence-corrected chi connectivity index (χ1v) is 6.77. The van der Waals surface area contributed by atoms with Crippen molar-refractivity contribution in [2.75, 3.05) is 0 Å². The Morgan fingerprint density at radius 1 is 1.12 bits per heavy atom. The van der Waals surface area contributed by atoms with Crippen LogP contribution >= 0.6 is 23.1 Å². The second-order valence-corrected chi connectivity index (χ2v) is 5.69. The van der Waals surface area contributed by atoms with E-state index in [0.717, 1.165) is 5.56 Å². The van der Waals surface area contributed by atoms with Crippen LogP contribution in [0.15, 0.2) is 28.5 Å². The molecule has 0 saturated carbocycles. The molecular weight excluding hydrogens is 246 g/mol. The molecule has 0 N–H and O–H groups in total. The van der Waals surface area contributed by atoms with E-state index in [4.69, 9.17) is 0 Å². The Kier molecular flexibility index (Phi) is 2.48. The minimum absolute atomic E-state index is 0.517. The Balaban J connectivity index is 2.13. The zero-order valence-electron chi connectivity index (χ0n) is 8.30. The number of fused-ring (bicyclic) bond motifs is 2. The van der Waals surface area contributed by atoms with Crippen LogP contribution < -0.4 is 0 Å². The Labute approximate surface area is 100 Å². The number of hydrogen-bond acceptors (Lipinski definition) is 2. The van der Waals surface area contributed by atoms with E-state index >= 15 is 0 Å². The molecule has 0 saturated heterocycles. The van der Waals surface area contributed by atoms with E-state index in [2.05, 4.69) is 0 Å². The molecule has 0 spiro atoms. The van der Waals surface area contributed by atoms with Crippen LogP contribution in [0.5, 0.6) is 0 Å². The first-order chi connectivity index (χ1) is 7.75. The van der Waals surface area contributed by atoms with E-state index < -0.39 is 11.6 Å². The van der Waals surface area contributed by atoms with Gasteiger partial charge in [0.15, 0.2) is 11.6 Å². The predicted molar refractivity (Wildman–Crippen MR) is 63.0 cm³/mol. The summed E-state index contributed by atoms with van der Waals surface area (Å²) in [6.07, 6.45) is 0.715. The fourth-order valence-electron chi connectivity index (χ4n) is 1.86. The van der Waals surface area contributed by atoms with Gasteiger partial charge in [0.05, 0.1) is 0 Å². The fraction of sp³-hybridized carbons (Fsp3) is 0.167. The van der Waals surface area contributed by atoms with E-state index in [-0.39, 0.29) is 0 Å². The molecule has 1 aromatic heterocycles. The highest BCUT2D eigenvalue weighted by atomic mass is 32.2. The Morgan fingerprint density at radius 3 is 2.88 bits per heavy atom. The lowest BCUT2D eigenvalue weighted by atomic mass is 10.0. The normalized spacial score (nSPS) is 14.1. The van der Waals surface area contributed by atoms with Gasteiger partial charge in [-0.1, -0.05) is 6.07 Å². The fourth-order valence-corrected chi connectivity index (χ4v) is 4.07. The molecule has 4 heteroatoms. The molecule has 0 fully saturated rings. The zero-order valence-corrected chi connectivity index (χ0v) is 9.93. The molecule has 16 heavy (non-hydrogen) atoms. The van der Waals surface area contributed by atoms with Gasteiger partial charge in [-0.25, -0.2) is 8.78 Å². The van der Waals surface area contributed by atoms with Crippen molar-refractivity contribution in [3.63, 3.8) is 0 Å². The van der Waals surface area contributed by atoms with E-state index in [9.17, 15) is 8.78 Å². The Morgan fingerprint density at radius 2 is 2.00 bits per heavy atom. The summed E-state index contributed by atoms with van der Waals surface area (Å²) in [4.78, 5) is 2.44. The van der Waals surface area contributed by atoms with Crippen LogP contribution in [-0.4, -0.2) is 0 Å². The lowest BCUT2D eigenvalue weighted by Gasteiger charge is -2.06. The molecule has 0 bridgehead atoms. The maximum Gasteiger partial charge on any atom is 0.163 e. The van der Waals surface area contributed by atoms with Gasteiger partial charge >= 0.3 is 0 Å². The molecule has 3 rings (SSSR count). The molecule has 2 heterocycles. The van der Waals surface area contributed by atoms with Crippen LogP contribution in [0.4, 0.5) is 8.78 Å². The van der Waals surface area contributed by atoms with Crippen LogP contribution in [-0.2, 0) is 12.2 Å². The lowest BCUT2D eigenvalue weighted by molar-refractivity contribution is 0.501. The standard InChI is InChI=1S/C12H8F2S2/c13-9-2-1-7-5-11-10(3-4-15-11)16-6-8(7)12(9)14/h1-4H,5-6H2. The van der Waals surface area contributed by atoms with Crippen molar-refractivity contribution in [2.45, 2.75) is 17.1 Å². The second-order valence-electron chi connectivity index (χ2n) is 3.67. The lowest BCUT2D eigenvalue weighted by Crippen LogP contribution is -1.98. The molecule has 1 aliphatic rings. The smallest absolute Gasteiger partial charge is 0.163 e. The summed E-state index contributed by atoms with van der Waals surface area (Å²) in [6.45, 7) is 0. The van der Waals surface area contributed by atoms with Crippen molar-refractivity contribution < 1.29 is 8.78 Å². The van der Waals surface area contributed by atoms with Crippen molar-refractivity contribution in [2.24, 2.45) is 0 Å². The highest BCUT2D eigenvalue weighted by molar-refractivity contribution is 7.98. The van der Waals surface area contributed by atoms with Gasteiger partial charge in [-0.2, -0.15) is 0 Å². The molecule has 2 aromatic rings. The first kappa shape index (κ1) is 10.3. The molecule has 0 atom stereocenters. The maximum absolute atomic E-state index is 13.6. The summed E-state index contributed by atoms with van der Waals surface area (Å²) in [7, 11) is 0. The minimum Gasteiger partial charge on any atom is -0.204 e. The quantitative estimate of drug-likeness (QED) is 0.678. The largest absolute Gasteiger partial charge is 0.204 e. The highest BCUT2D eigenvalue weighted by Crippen LogP contribution is 2.37. The Hall–Kier alpha value is -0.870. The number of thiophene rings is 1. The van der Waals surface area contributed by atoms with Crippen LogP contribution in [0.2, 0.25) is 0 Å². The SMILES string of the molecule is Fc1ccc2c(c1F)CSc1ccsc1C2. The zero-order chi connectivity index (χ0) is 11.1. The Bertz CT molecular complexity index is 546. The number of thioether (sulfide) groups is 1. The summed E-state index contributed by atoms with van der Waals surface area (Å²) in [5.41, 5.74) is 1.43. The molecule has 1 aromatic carbocycles. The molecule has 0 nitrogen and oxygen atoms in total. The van der Waals surface area contributed by atoms with Crippen molar-refractivity contribution >= 4 is 23.1 Å². The summed E-state index contributed by atoms with van der Waals surface area (Å²) >= 11 is 3.26. The molecule has 0 unspecified atom stereocenters. The first-order valence-electron chi connectivity index (χ1n) is 4.90. The third-order valence-electron chi connectivity index (χ3n) is 2.72. The number of rotatable bonds is 0. The topological polar surface area (TPSA) is 0 Å². The van der Waals surface area contributed by atoms with Crippen LogP contribution in [0, 0.1) is 11.6 Å². The second kappa shape index (κ2) is 3.86. The average molecular weight is 254 g/mol. The van der Waals surface area contributed by atoms with Gasteiger partial charge in [-0.3, -0.25) is 0 Å². The molecular formula is C12H8F2S2. The summed E-state index contributed by atoms with van der Waals surface area (Å²) in [6, 6.07) is 4.96. The number of benzene rings is 1. The van der Waals surface area contributed by atoms with E-state index in [1.165, 1.54) is 15.8 Å². The van der Waals surface area contributed by atoms with E-state index in [1.807, 2.05) is 11.4 Å². The van der Waals surface area contributed by atoms with Crippen LogP contribution in [0.25, 0.3) is 0 Å². The monoisotopic (exact) mass is 254 g/mol. The van der Waals surface area contributed by atoms with Gasteiger partial charge in [-0.15, -0.1) is 23.1 Å². The molecule has 0 radical (unpaired) electrons. The highest BCUT2D eigenvalue weighted by Gasteiger charge is 2.19. The number of halogens is 2. The number of hydrogen-bond donors (Lipinski definition) is 0. The summed E-state index contributed by atoms with van der Waals surface area (Å²) in [5.74, 6) is -0.910. The van der Waals surface area contributed by atoms with E-state index in [1.54, 1.807) is 29.2 Å². The average Bonchev–Trinajstić information content (AvgIpc) is 2.63. The van der Waals surface area contributed by atoms with Crippen LogP contribution in [0.3, 0.4) is 0 Å². The van der Waals surface area contributed by atoms with Crippen molar-refractivity contribution in [1.82, 2.24) is 0 Å². The maximum atomic E-state index is 13.6. The van der Waals surface area contributed by atoms with Crippen molar-refractivity contribution in [1.29, 1.82) is 0 Å².